The molecule has 130 valence electrons. The van der Waals surface area contributed by atoms with Crippen LogP contribution in [0.3, 0.4) is 0 Å². The van der Waals surface area contributed by atoms with Crippen molar-refractivity contribution in [2.75, 3.05) is 17.2 Å². The van der Waals surface area contributed by atoms with Crippen molar-refractivity contribution >= 4 is 22.7 Å². The molecule has 4 heterocycles. The lowest BCUT2D eigenvalue weighted by Gasteiger charge is -2.26. The van der Waals surface area contributed by atoms with Crippen molar-refractivity contribution < 1.29 is 0 Å². The van der Waals surface area contributed by atoms with Crippen LogP contribution in [0.15, 0.2) is 24.8 Å². The van der Waals surface area contributed by atoms with Crippen molar-refractivity contribution in [1.82, 2.24) is 29.7 Å². The SMILES string of the molecule is CC(C)Cn1cnnc1[C@@H]1CCCN1c1ncnc2nc(N)ccc12. The Morgan fingerprint density at radius 3 is 3.00 bits per heavy atom. The molecule has 1 aliphatic heterocycles. The van der Waals surface area contributed by atoms with Crippen LogP contribution in [0.1, 0.15) is 38.6 Å². The van der Waals surface area contributed by atoms with Gasteiger partial charge in [0.2, 0.25) is 0 Å². The summed E-state index contributed by atoms with van der Waals surface area (Å²) in [5.74, 6) is 2.89. The Labute approximate surface area is 146 Å². The minimum Gasteiger partial charge on any atom is -0.384 e. The maximum atomic E-state index is 5.79. The first-order valence-electron chi connectivity index (χ1n) is 8.65. The van der Waals surface area contributed by atoms with E-state index in [0.29, 0.717) is 17.4 Å². The number of nitrogens with zero attached hydrogens (tertiary/aromatic N) is 7. The van der Waals surface area contributed by atoms with Gasteiger partial charge in [-0.05, 0) is 30.9 Å². The first-order valence-corrected chi connectivity index (χ1v) is 8.65. The lowest BCUT2D eigenvalue weighted by Crippen LogP contribution is -2.27. The molecule has 1 atom stereocenters. The topological polar surface area (TPSA) is 98.6 Å². The van der Waals surface area contributed by atoms with E-state index in [1.54, 1.807) is 12.4 Å². The number of rotatable bonds is 4. The largest absolute Gasteiger partial charge is 0.384 e. The number of fused-ring (bicyclic) bond motifs is 1. The summed E-state index contributed by atoms with van der Waals surface area (Å²) in [6.07, 6.45) is 5.50. The molecule has 3 aromatic heterocycles. The van der Waals surface area contributed by atoms with Gasteiger partial charge < -0.3 is 15.2 Å². The van der Waals surface area contributed by atoms with Gasteiger partial charge in [0.25, 0.3) is 0 Å². The van der Waals surface area contributed by atoms with Crippen molar-refractivity contribution in [3.05, 3.63) is 30.6 Å². The zero-order chi connectivity index (χ0) is 17.4. The van der Waals surface area contributed by atoms with E-state index in [9.17, 15) is 0 Å². The Bertz CT molecular complexity index is 887. The van der Waals surface area contributed by atoms with Gasteiger partial charge in [-0.15, -0.1) is 10.2 Å². The fourth-order valence-corrected chi connectivity index (χ4v) is 3.52. The second kappa shape index (κ2) is 6.27. The summed E-state index contributed by atoms with van der Waals surface area (Å²) in [5.41, 5.74) is 6.42. The predicted molar refractivity (Wildman–Crippen MR) is 95.9 cm³/mol. The number of hydrogen-bond donors (Lipinski definition) is 1. The number of hydrogen-bond acceptors (Lipinski definition) is 7. The lowest BCUT2D eigenvalue weighted by atomic mass is 10.1. The molecular weight excluding hydrogens is 316 g/mol. The van der Waals surface area contributed by atoms with Crippen LogP contribution in [0, 0.1) is 5.92 Å². The van der Waals surface area contributed by atoms with E-state index in [4.69, 9.17) is 5.73 Å². The number of nitrogen functional groups attached to an aromatic ring is 1. The van der Waals surface area contributed by atoms with Crippen LogP contribution in [0.25, 0.3) is 11.0 Å². The van der Waals surface area contributed by atoms with E-state index in [1.807, 2.05) is 12.4 Å². The highest BCUT2D eigenvalue weighted by Crippen LogP contribution is 2.37. The highest BCUT2D eigenvalue weighted by molar-refractivity contribution is 5.87. The standard InChI is InChI=1S/C17H22N8/c1-11(2)8-24-10-21-23-17(24)13-4-3-7-25(13)16-12-5-6-14(18)22-15(12)19-9-20-16/h5-6,9-11,13H,3-4,7-8H2,1-2H3,(H2,18,19,20,22)/t13-/m0/s1. The van der Waals surface area contributed by atoms with Gasteiger partial charge in [0.1, 0.15) is 24.3 Å². The number of aromatic nitrogens is 6. The maximum Gasteiger partial charge on any atom is 0.166 e. The summed E-state index contributed by atoms with van der Waals surface area (Å²) < 4.78 is 2.16. The third-order valence-corrected chi connectivity index (χ3v) is 4.53. The van der Waals surface area contributed by atoms with E-state index in [2.05, 4.69) is 48.5 Å². The van der Waals surface area contributed by atoms with Crippen LogP contribution < -0.4 is 10.6 Å². The summed E-state index contributed by atoms with van der Waals surface area (Å²) in [6.45, 7) is 6.24. The molecule has 0 saturated carbocycles. The highest BCUT2D eigenvalue weighted by atomic mass is 15.3. The molecule has 8 nitrogen and oxygen atoms in total. The molecule has 1 saturated heterocycles. The van der Waals surface area contributed by atoms with Gasteiger partial charge in [0, 0.05) is 13.1 Å². The maximum absolute atomic E-state index is 5.79. The Kier molecular flexibility index (Phi) is 3.95. The lowest BCUT2D eigenvalue weighted by molar-refractivity contribution is 0.487. The first kappa shape index (κ1) is 15.7. The highest BCUT2D eigenvalue weighted by Gasteiger charge is 2.32. The quantitative estimate of drug-likeness (QED) is 0.778. The Balaban J connectivity index is 1.75. The summed E-state index contributed by atoms with van der Waals surface area (Å²) in [7, 11) is 0. The molecule has 3 aromatic rings. The van der Waals surface area contributed by atoms with Crippen LogP contribution in [-0.2, 0) is 6.54 Å². The Morgan fingerprint density at radius 2 is 2.16 bits per heavy atom. The van der Waals surface area contributed by atoms with Crippen LogP contribution in [0.2, 0.25) is 0 Å². The van der Waals surface area contributed by atoms with E-state index < -0.39 is 0 Å². The fraction of sp³-hybridized carbons (Fsp3) is 0.471. The molecule has 0 unspecified atom stereocenters. The number of nitrogens with two attached hydrogens (primary N) is 1. The van der Waals surface area contributed by atoms with Crippen molar-refractivity contribution in [3.8, 4) is 0 Å². The first-order chi connectivity index (χ1) is 12.1. The van der Waals surface area contributed by atoms with Crippen LogP contribution in [0.5, 0.6) is 0 Å². The van der Waals surface area contributed by atoms with Gasteiger partial charge in [0.05, 0.1) is 11.4 Å². The van der Waals surface area contributed by atoms with Crippen molar-refractivity contribution in [3.63, 3.8) is 0 Å². The van der Waals surface area contributed by atoms with Gasteiger partial charge in [-0.3, -0.25) is 0 Å². The zero-order valence-electron chi connectivity index (χ0n) is 14.5. The second-order valence-corrected chi connectivity index (χ2v) is 6.89. The number of anilines is 2. The van der Waals surface area contributed by atoms with E-state index in [0.717, 1.165) is 43.0 Å². The third-order valence-electron chi connectivity index (χ3n) is 4.53. The molecular formula is C17H22N8. The van der Waals surface area contributed by atoms with Crippen molar-refractivity contribution in [2.24, 2.45) is 5.92 Å². The summed E-state index contributed by atoms with van der Waals surface area (Å²) in [6, 6.07) is 3.90. The normalized spacial score (nSPS) is 17.7. The summed E-state index contributed by atoms with van der Waals surface area (Å²) in [5, 5.41) is 9.48. The molecule has 1 fully saturated rings. The Morgan fingerprint density at radius 1 is 1.28 bits per heavy atom. The zero-order valence-corrected chi connectivity index (χ0v) is 14.5. The van der Waals surface area contributed by atoms with Crippen LogP contribution in [0.4, 0.5) is 11.6 Å². The average molecular weight is 338 g/mol. The van der Waals surface area contributed by atoms with Gasteiger partial charge in [-0.25, -0.2) is 15.0 Å². The second-order valence-electron chi connectivity index (χ2n) is 6.89. The van der Waals surface area contributed by atoms with Gasteiger partial charge >= 0.3 is 0 Å². The minimum atomic E-state index is 0.164. The molecule has 2 N–H and O–H groups in total. The smallest absolute Gasteiger partial charge is 0.166 e. The van der Waals surface area contributed by atoms with E-state index >= 15 is 0 Å². The van der Waals surface area contributed by atoms with Crippen LogP contribution >= 0.6 is 0 Å². The Hall–Kier alpha value is -2.77. The third kappa shape index (κ3) is 2.88. The molecule has 0 aliphatic carbocycles. The molecule has 1 aliphatic rings. The fourth-order valence-electron chi connectivity index (χ4n) is 3.52. The van der Waals surface area contributed by atoms with E-state index in [1.165, 1.54) is 0 Å². The van der Waals surface area contributed by atoms with Crippen molar-refractivity contribution in [2.45, 2.75) is 39.3 Å². The summed E-state index contributed by atoms with van der Waals surface area (Å²) >= 11 is 0. The molecule has 0 radical (unpaired) electrons. The molecule has 0 aromatic carbocycles. The average Bonchev–Trinajstić information content (AvgIpc) is 3.22. The van der Waals surface area contributed by atoms with Gasteiger partial charge in [-0.1, -0.05) is 13.8 Å². The molecule has 8 heteroatoms. The molecule has 0 spiro atoms. The molecule has 0 bridgehead atoms. The summed E-state index contributed by atoms with van der Waals surface area (Å²) in [4.78, 5) is 15.4. The molecule has 4 rings (SSSR count). The van der Waals surface area contributed by atoms with Gasteiger partial charge in [0.15, 0.2) is 11.5 Å². The monoisotopic (exact) mass is 338 g/mol. The minimum absolute atomic E-state index is 0.164. The number of pyridine rings is 1. The van der Waals surface area contributed by atoms with Crippen LogP contribution in [-0.4, -0.2) is 36.3 Å². The van der Waals surface area contributed by atoms with Gasteiger partial charge in [-0.2, -0.15) is 0 Å². The predicted octanol–water partition coefficient (Wildman–Crippen LogP) is 2.20. The van der Waals surface area contributed by atoms with E-state index in [-0.39, 0.29) is 6.04 Å². The van der Waals surface area contributed by atoms with Crippen molar-refractivity contribution in [1.29, 1.82) is 0 Å². The molecule has 25 heavy (non-hydrogen) atoms. The molecule has 0 amide bonds.